The maximum Gasteiger partial charge on any atom is 0.228 e. The van der Waals surface area contributed by atoms with E-state index in [0.717, 1.165) is 48.6 Å². The van der Waals surface area contributed by atoms with Gasteiger partial charge in [0, 0.05) is 42.2 Å². The molecule has 0 saturated carbocycles. The van der Waals surface area contributed by atoms with E-state index in [4.69, 9.17) is 4.98 Å². The smallest absolute Gasteiger partial charge is 0.228 e. The average Bonchev–Trinajstić information content (AvgIpc) is 2.75. The first kappa shape index (κ1) is 18.4. The summed E-state index contributed by atoms with van der Waals surface area (Å²) in [6, 6.07) is 20.4. The molecule has 1 amide bonds. The number of piperidine rings is 1. The van der Waals surface area contributed by atoms with Crippen LogP contribution in [-0.2, 0) is 11.2 Å². The molecule has 4 nitrogen and oxygen atoms in total. The summed E-state index contributed by atoms with van der Waals surface area (Å²) in [5, 5.41) is 0. The van der Waals surface area contributed by atoms with Gasteiger partial charge in [0.1, 0.15) is 0 Å². The number of hydrogen-bond acceptors (Lipinski definition) is 3. The number of nitrogens with zero attached hydrogens (tertiary/aromatic N) is 3. The zero-order valence-electron chi connectivity index (χ0n) is 16.2. The Balaban J connectivity index is 1.49. The van der Waals surface area contributed by atoms with Crippen LogP contribution in [0, 0.1) is 6.92 Å². The molecule has 2 aromatic heterocycles. The van der Waals surface area contributed by atoms with Gasteiger partial charge < -0.3 is 4.90 Å². The lowest BCUT2D eigenvalue weighted by molar-refractivity contribution is -0.131. The van der Waals surface area contributed by atoms with Crippen LogP contribution in [0.5, 0.6) is 0 Å². The predicted octanol–water partition coefficient (Wildman–Crippen LogP) is 4.40. The molecule has 0 N–H and O–H groups in total. The SMILES string of the molecule is Cc1cccc(-c2cccc([C@@H]3CCCN(C(=O)Cc4ccccn4)C3)n2)c1. The van der Waals surface area contributed by atoms with Crippen LogP contribution in [0.1, 0.15) is 35.7 Å². The third kappa shape index (κ3) is 4.28. The summed E-state index contributed by atoms with van der Waals surface area (Å²) in [5.74, 6) is 0.435. The molecule has 0 spiro atoms. The fourth-order valence-electron chi connectivity index (χ4n) is 3.86. The Kier molecular flexibility index (Phi) is 5.47. The van der Waals surface area contributed by atoms with Gasteiger partial charge in [-0.2, -0.15) is 0 Å². The first-order valence-corrected chi connectivity index (χ1v) is 9.91. The van der Waals surface area contributed by atoms with Crippen molar-refractivity contribution in [2.75, 3.05) is 13.1 Å². The molecule has 4 rings (SSSR count). The van der Waals surface area contributed by atoms with Crippen molar-refractivity contribution >= 4 is 5.91 Å². The largest absolute Gasteiger partial charge is 0.342 e. The molecule has 0 aliphatic carbocycles. The maximum absolute atomic E-state index is 12.7. The van der Waals surface area contributed by atoms with Crippen molar-refractivity contribution in [3.8, 4) is 11.3 Å². The number of amides is 1. The summed E-state index contributed by atoms with van der Waals surface area (Å²) in [5.41, 5.74) is 5.27. The zero-order valence-corrected chi connectivity index (χ0v) is 16.2. The summed E-state index contributed by atoms with van der Waals surface area (Å²) in [6.45, 7) is 3.65. The number of aryl methyl sites for hydroxylation is 1. The van der Waals surface area contributed by atoms with E-state index < -0.39 is 0 Å². The highest BCUT2D eigenvalue weighted by Crippen LogP contribution is 2.28. The van der Waals surface area contributed by atoms with E-state index in [1.807, 2.05) is 23.1 Å². The monoisotopic (exact) mass is 371 g/mol. The molecule has 1 fully saturated rings. The van der Waals surface area contributed by atoms with Gasteiger partial charge in [-0.3, -0.25) is 14.8 Å². The molecule has 1 aliphatic heterocycles. The van der Waals surface area contributed by atoms with Gasteiger partial charge in [0.25, 0.3) is 0 Å². The Bertz CT molecular complexity index is 955. The van der Waals surface area contributed by atoms with E-state index in [2.05, 4.69) is 54.4 Å². The molecule has 142 valence electrons. The Morgan fingerprint density at radius 1 is 1.11 bits per heavy atom. The first-order valence-electron chi connectivity index (χ1n) is 9.91. The molecule has 1 aliphatic rings. The predicted molar refractivity (Wildman–Crippen MR) is 111 cm³/mol. The quantitative estimate of drug-likeness (QED) is 0.683. The molecule has 1 aromatic carbocycles. The number of aromatic nitrogens is 2. The van der Waals surface area contributed by atoms with E-state index in [0.29, 0.717) is 6.42 Å². The van der Waals surface area contributed by atoms with Crippen LogP contribution in [0.15, 0.2) is 66.9 Å². The van der Waals surface area contributed by atoms with Crippen molar-refractivity contribution in [2.45, 2.75) is 32.1 Å². The summed E-state index contributed by atoms with van der Waals surface area (Å²) in [7, 11) is 0. The summed E-state index contributed by atoms with van der Waals surface area (Å²) >= 11 is 0. The van der Waals surface area contributed by atoms with Gasteiger partial charge in [0.15, 0.2) is 0 Å². The highest BCUT2D eigenvalue weighted by molar-refractivity contribution is 5.78. The van der Waals surface area contributed by atoms with Gasteiger partial charge in [0.05, 0.1) is 12.1 Å². The molecule has 4 heteroatoms. The van der Waals surface area contributed by atoms with Gasteiger partial charge in [-0.15, -0.1) is 0 Å². The van der Waals surface area contributed by atoms with Crippen LogP contribution in [0.25, 0.3) is 11.3 Å². The average molecular weight is 371 g/mol. The van der Waals surface area contributed by atoms with E-state index in [1.165, 1.54) is 5.56 Å². The van der Waals surface area contributed by atoms with Crippen molar-refractivity contribution < 1.29 is 4.79 Å². The number of benzene rings is 1. The molecular formula is C24H25N3O. The molecule has 3 aromatic rings. The van der Waals surface area contributed by atoms with Gasteiger partial charge in [-0.05, 0) is 50.1 Å². The Morgan fingerprint density at radius 2 is 2.00 bits per heavy atom. The Labute approximate surface area is 166 Å². The van der Waals surface area contributed by atoms with Crippen molar-refractivity contribution in [3.63, 3.8) is 0 Å². The number of rotatable bonds is 4. The number of carbonyl (C=O) groups excluding carboxylic acids is 1. The lowest BCUT2D eigenvalue weighted by Gasteiger charge is -2.32. The normalized spacial score (nSPS) is 16.8. The molecule has 0 bridgehead atoms. The van der Waals surface area contributed by atoms with Crippen LogP contribution in [0.2, 0.25) is 0 Å². The van der Waals surface area contributed by atoms with Gasteiger partial charge in [-0.25, -0.2) is 0 Å². The number of likely N-dealkylation sites (tertiary alicyclic amines) is 1. The van der Waals surface area contributed by atoms with E-state index in [9.17, 15) is 4.79 Å². The first-order chi connectivity index (χ1) is 13.7. The fourth-order valence-corrected chi connectivity index (χ4v) is 3.86. The molecule has 28 heavy (non-hydrogen) atoms. The third-order valence-electron chi connectivity index (χ3n) is 5.34. The molecular weight excluding hydrogens is 346 g/mol. The van der Waals surface area contributed by atoms with Crippen molar-refractivity contribution in [1.82, 2.24) is 14.9 Å². The highest BCUT2D eigenvalue weighted by Gasteiger charge is 2.26. The molecule has 0 unspecified atom stereocenters. The second-order valence-electron chi connectivity index (χ2n) is 7.49. The van der Waals surface area contributed by atoms with Gasteiger partial charge >= 0.3 is 0 Å². The minimum Gasteiger partial charge on any atom is -0.342 e. The minimum atomic E-state index is 0.151. The van der Waals surface area contributed by atoms with Crippen LogP contribution >= 0.6 is 0 Å². The van der Waals surface area contributed by atoms with Crippen LogP contribution < -0.4 is 0 Å². The summed E-state index contributed by atoms with van der Waals surface area (Å²) < 4.78 is 0. The molecule has 1 atom stereocenters. The van der Waals surface area contributed by atoms with Gasteiger partial charge in [-0.1, -0.05) is 35.9 Å². The minimum absolute atomic E-state index is 0.151. The van der Waals surface area contributed by atoms with Crippen LogP contribution in [0.3, 0.4) is 0 Å². The lowest BCUT2D eigenvalue weighted by atomic mass is 9.93. The van der Waals surface area contributed by atoms with Crippen LogP contribution in [-0.4, -0.2) is 33.9 Å². The van der Waals surface area contributed by atoms with Crippen molar-refractivity contribution in [1.29, 1.82) is 0 Å². The second kappa shape index (κ2) is 8.34. The number of hydrogen-bond donors (Lipinski definition) is 0. The molecule has 3 heterocycles. The Morgan fingerprint density at radius 3 is 2.82 bits per heavy atom. The fraction of sp³-hybridized carbons (Fsp3) is 0.292. The molecule has 1 saturated heterocycles. The summed E-state index contributed by atoms with van der Waals surface area (Å²) in [6.07, 6.45) is 4.18. The zero-order chi connectivity index (χ0) is 19.3. The summed E-state index contributed by atoms with van der Waals surface area (Å²) in [4.78, 5) is 23.9. The highest BCUT2D eigenvalue weighted by atomic mass is 16.2. The topological polar surface area (TPSA) is 46.1 Å². The standard InChI is InChI=1S/C24H25N3O/c1-18-7-4-8-19(15-18)22-11-5-12-23(26-22)20-9-6-14-27(17-20)24(28)16-21-10-2-3-13-25-21/h2-5,7-8,10-13,15,20H,6,9,14,16-17H2,1H3/t20-/m1/s1. The van der Waals surface area contributed by atoms with Crippen molar-refractivity contribution in [3.05, 3.63) is 83.8 Å². The van der Waals surface area contributed by atoms with E-state index in [-0.39, 0.29) is 11.8 Å². The molecule has 0 radical (unpaired) electrons. The Hall–Kier alpha value is -3.01. The van der Waals surface area contributed by atoms with E-state index >= 15 is 0 Å². The number of carbonyl (C=O) groups is 1. The van der Waals surface area contributed by atoms with Crippen LogP contribution in [0.4, 0.5) is 0 Å². The van der Waals surface area contributed by atoms with Crippen molar-refractivity contribution in [2.24, 2.45) is 0 Å². The van der Waals surface area contributed by atoms with E-state index in [1.54, 1.807) is 6.20 Å². The third-order valence-corrected chi connectivity index (χ3v) is 5.34. The van der Waals surface area contributed by atoms with Gasteiger partial charge in [0.2, 0.25) is 5.91 Å². The number of pyridine rings is 2. The second-order valence-corrected chi connectivity index (χ2v) is 7.49. The lowest BCUT2D eigenvalue weighted by Crippen LogP contribution is -2.40. The maximum atomic E-state index is 12.7.